The number of hydrogen-bond donors (Lipinski definition) is 1. The monoisotopic (exact) mass is 256 g/mol. The van der Waals surface area contributed by atoms with Crippen LogP contribution in [0.4, 0.5) is 5.95 Å². The van der Waals surface area contributed by atoms with Gasteiger partial charge in [0.15, 0.2) is 0 Å². The first kappa shape index (κ1) is 12.3. The van der Waals surface area contributed by atoms with Crippen LogP contribution in [0.15, 0.2) is 17.3 Å². The smallest absolute Gasteiger partial charge is 0.246 e. The first-order valence-corrected chi connectivity index (χ1v) is 6.88. The van der Waals surface area contributed by atoms with Gasteiger partial charge in [0.2, 0.25) is 16.0 Å². The lowest BCUT2D eigenvalue weighted by molar-refractivity contribution is 0.291. The lowest BCUT2D eigenvalue weighted by atomic mass is 10.0. The number of nitrogens with zero attached hydrogens (tertiary/aromatic N) is 3. The van der Waals surface area contributed by atoms with E-state index in [1.807, 2.05) is 13.8 Å². The van der Waals surface area contributed by atoms with Crippen molar-refractivity contribution in [1.82, 2.24) is 14.3 Å². The summed E-state index contributed by atoms with van der Waals surface area (Å²) < 4.78 is 26.2. The van der Waals surface area contributed by atoms with Crippen LogP contribution < -0.4 is 5.73 Å². The zero-order valence-electron chi connectivity index (χ0n) is 9.92. The van der Waals surface area contributed by atoms with Crippen LogP contribution in [0.3, 0.4) is 0 Å². The lowest BCUT2D eigenvalue weighted by Gasteiger charge is -2.30. The van der Waals surface area contributed by atoms with E-state index in [4.69, 9.17) is 5.73 Å². The molecule has 1 saturated heterocycles. The molecule has 0 bridgehead atoms. The fourth-order valence-electron chi connectivity index (χ4n) is 2.11. The molecular formula is C10H16N4O2S. The Morgan fingerprint density at radius 1 is 1.35 bits per heavy atom. The summed E-state index contributed by atoms with van der Waals surface area (Å²) in [5, 5.41) is 0. The minimum absolute atomic E-state index is 0.0737. The van der Waals surface area contributed by atoms with Crippen molar-refractivity contribution in [3.8, 4) is 0 Å². The van der Waals surface area contributed by atoms with Gasteiger partial charge in [-0.05, 0) is 26.7 Å². The molecule has 1 aliphatic rings. The molecule has 0 saturated carbocycles. The van der Waals surface area contributed by atoms with Crippen LogP contribution in [0.1, 0.15) is 26.7 Å². The average molecular weight is 256 g/mol. The van der Waals surface area contributed by atoms with Gasteiger partial charge in [-0.3, -0.25) is 0 Å². The van der Waals surface area contributed by atoms with Crippen molar-refractivity contribution >= 4 is 16.0 Å². The Labute approximate surface area is 101 Å². The lowest BCUT2D eigenvalue weighted by Crippen LogP contribution is -2.42. The quantitative estimate of drug-likeness (QED) is 0.838. The fraction of sp³-hybridized carbons (Fsp3) is 0.600. The van der Waals surface area contributed by atoms with Crippen molar-refractivity contribution in [2.24, 2.45) is 0 Å². The first-order valence-electron chi connectivity index (χ1n) is 5.44. The van der Waals surface area contributed by atoms with Crippen molar-refractivity contribution < 1.29 is 8.42 Å². The second-order valence-electron chi connectivity index (χ2n) is 4.77. The second kappa shape index (κ2) is 3.92. The molecule has 0 aromatic carbocycles. The minimum Gasteiger partial charge on any atom is -0.368 e. The number of rotatable bonds is 2. The van der Waals surface area contributed by atoms with E-state index < -0.39 is 10.0 Å². The maximum absolute atomic E-state index is 12.4. The molecule has 0 unspecified atom stereocenters. The molecule has 94 valence electrons. The number of hydrogen-bond acceptors (Lipinski definition) is 5. The van der Waals surface area contributed by atoms with E-state index in [2.05, 4.69) is 9.97 Å². The van der Waals surface area contributed by atoms with Crippen LogP contribution in [0, 0.1) is 0 Å². The van der Waals surface area contributed by atoms with E-state index in [9.17, 15) is 8.42 Å². The second-order valence-corrected chi connectivity index (χ2v) is 6.63. The molecular weight excluding hydrogens is 240 g/mol. The number of sulfonamides is 1. The van der Waals surface area contributed by atoms with E-state index in [0.717, 1.165) is 12.8 Å². The Kier molecular flexibility index (Phi) is 2.82. The third kappa shape index (κ3) is 2.12. The zero-order valence-corrected chi connectivity index (χ0v) is 10.7. The molecule has 6 nitrogen and oxygen atoms in total. The molecule has 0 radical (unpaired) electrons. The standard InChI is InChI=1S/C10H16N4O2S/c1-10(2)4-3-5-14(10)17(15,16)8-6-12-9(11)13-7-8/h6-7H,3-5H2,1-2H3,(H2,11,12,13). The highest BCUT2D eigenvalue weighted by molar-refractivity contribution is 7.89. The first-order chi connectivity index (χ1) is 7.84. The highest BCUT2D eigenvalue weighted by Gasteiger charge is 2.41. The normalized spacial score (nSPS) is 20.6. The Morgan fingerprint density at radius 3 is 2.41 bits per heavy atom. The highest BCUT2D eigenvalue weighted by atomic mass is 32.2. The number of aromatic nitrogens is 2. The number of nitrogen functional groups attached to an aromatic ring is 1. The third-order valence-electron chi connectivity index (χ3n) is 3.06. The minimum atomic E-state index is -3.51. The molecule has 2 heterocycles. The molecule has 2 rings (SSSR count). The van der Waals surface area contributed by atoms with Gasteiger partial charge in [0.05, 0.1) is 12.4 Å². The largest absolute Gasteiger partial charge is 0.368 e. The van der Waals surface area contributed by atoms with Gasteiger partial charge in [-0.25, -0.2) is 18.4 Å². The summed E-state index contributed by atoms with van der Waals surface area (Å²) >= 11 is 0. The van der Waals surface area contributed by atoms with Crippen LogP contribution >= 0.6 is 0 Å². The van der Waals surface area contributed by atoms with Crippen LogP contribution in [-0.2, 0) is 10.0 Å². The molecule has 2 N–H and O–H groups in total. The van der Waals surface area contributed by atoms with Crippen LogP contribution in [-0.4, -0.2) is 34.8 Å². The third-order valence-corrected chi connectivity index (χ3v) is 5.12. The number of anilines is 1. The van der Waals surface area contributed by atoms with Gasteiger partial charge in [-0.15, -0.1) is 0 Å². The summed E-state index contributed by atoms with van der Waals surface area (Å²) in [6.45, 7) is 4.39. The van der Waals surface area contributed by atoms with E-state index in [0.29, 0.717) is 6.54 Å². The molecule has 1 aliphatic heterocycles. The Balaban J connectivity index is 2.40. The van der Waals surface area contributed by atoms with Crippen molar-refractivity contribution in [3.05, 3.63) is 12.4 Å². The zero-order chi connectivity index (χ0) is 12.7. The van der Waals surface area contributed by atoms with Crippen LogP contribution in [0.25, 0.3) is 0 Å². The van der Waals surface area contributed by atoms with Crippen molar-refractivity contribution in [1.29, 1.82) is 0 Å². The SMILES string of the molecule is CC1(C)CCCN1S(=O)(=O)c1cnc(N)nc1. The summed E-state index contributed by atoms with van der Waals surface area (Å²) in [6.07, 6.45) is 4.25. The van der Waals surface area contributed by atoms with Gasteiger partial charge in [0.25, 0.3) is 0 Å². The maximum atomic E-state index is 12.4. The van der Waals surface area contributed by atoms with E-state index in [1.165, 1.54) is 16.7 Å². The van der Waals surface area contributed by atoms with Crippen molar-refractivity contribution in [3.63, 3.8) is 0 Å². The number of nitrogens with two attached hydrogens (primary N) is 1. The van der Waals surface area contributed by atoms with Crippen LogP contribution in [0.2, 0.25) is 0 Å². The van der Waals surface area contributed by atoms with Crippen LogP contribution in [0.5, 0.6) is 0 Å². The maximum Gasteiger partial charge on any atom is 0.246 e. The summed E-state index contributed by atoms with van der Waals surface area (Å²) in [5.74, 6) is 0.0737. The van der Waals surface area contributed by atoms with Gasteiger partial charge in [-0.2, -0.15) is 4.31 Å². The summed E-state index contributed by atoms with van der Waals surface area (Å²) in [5.41, 5.74) is 5.00. The molecule has 0 aliphatic carbocycles. The Hall–Kier alpha value is -1.21. The predicted octanol–water partition coefficient (Wildman–Crippen LogP) is 0.622. The van der Waals surface area contributed by atoms with E-state index in [1.54, 1.807) is 0 Å². The highest BCUT2D eigenvalue weighted by Crippen LogP contribution is 2.33. The summed E-state index contributed by atoms with van der Waals surface area (Å²) in [4.78, 5) is 7.55. The molecule has 1 aromatic heterocycles. The van der Waals surface area contributed by atoms with Gasteiger partial charge in [-0.1, -0.05) is 0 Å². The molecule has 1 fully saturated rings. The van der Waals surface area contributed by atoms with Gasteiger partial charge in [0.1, 0.15) is 4.90 Å². The molecule has 0 atom stereocenters. The molecule has 0 spiro atoms. The molecule has 0 amide bonds. The van der Waals surface area contributed by atoms with Crippen molar-refractivity contribution in [2.45, 2.75) is 37.1 Å². The summed E-state index contributed by atoms with van der Waals surface area (Å²) in [7, 11) is -3.51. The molecule has 17 heavy (non-hydrogen) atoms. The van der Waals surface area contributed by atoms with Gasteiger partial charge in [0, 0.05) is 12.1 Å². The predicted molar refractivity (Wildman–Crippen MR) is 63.6 cm³/mol. The van der Waals surface area contributed by atoms with Gasteiger partial charge < -0.3 is 5.73 Å². The van der Waals surface area contributed by atoms with E-state index in [-0.39, 0.29) is 16.4 Å². The van der Waals surface area contributed by atoms with E-state index >= 15 is 0 Å². The Morgan fingerprint density at radius 2 is 1.94 bits per heavy atom. The van der Waals surface area contributed by atoms with Gasteiger partial charge >= 0.3 is 0 Å². The Bertz CT molecular complexity index is 510. The molecule has 7 heteroatoms. The molecule has 1 aromatic rings. The topological polar surface area (TPSA) is 89.2 Å². The average Bonchev–Trinajstić information content (AvgIpc) is 2.59. The fourth-order valence-corrected chi connectivity index (χ4v) is 3.85. The summed E-state index contributed by atoms with van der Waals surface area (Å²) in [6, 6.07) is 0. The van der Waals surface area contributed by atoms with Crippen molar-refractivity contribution in [2.75, 3.05) is 12.3 Å².